The van der Waals surface area contributed by atoms with Crippen LogP contribution < -0.4 is 0 Å². The third-order valence-corrected chi connectivity index (χ3v) is 4.22. The van der Waals surface area contributed by atoms with Crippen molar-refractivity contribution in [2.24, 2.45) is 5.92 Å². The zero-order valence-corrected chi connectivity index (χ0v) is 12.9. The molecule has 1 fully saturated rings. The highest BCUT2D eigenvalue weighted by Crippen LogP contribution is 2.30. The summed E-state index contributed by atoms with van der Waals surface area (Å²) in [6.07, 6.45) is 1.36. The maximum absolute atomic E-state index is 12.6. The number of carbonyl (C=O) groups excluding carboxylic acids is 1. The first-order valence-corrected chi connectivity index (χ1v) is 7.66. The Labute approximate surface area is 130 Å². The molecule has 0 aliphatic carbocycles. The topological polar surface area (TPSA) is 66.8 Å². The second kappa shape index (κ2) is 7.94. The predicted molar refractivity (Wildman–Crippen MR) is 82.6 cm³/mol. The van der Waals surface area contributed by atoms with Crippen molar-refractivity contribution in [1.29, 1.82) is 0 Å². The highest BCUT2D eigenvalue weighted by Gasteiger charge is 2.32. The number of benzene rings is 1. The molecule has 1 heterocycles. The second-order valence-corrected chi connectivity index (χ2v) is 5.76. The molecule has 1 aliphatic heterocycles. The van der Waals surface area contributed by atoms with E-state index in [1.54, 1.807) is 12.0 Å². The van der Waals surface area contributed by atoms with Crippen LogP contribution in [0.3, 0.4) is 0 Å². The normalized spacial score (nSPS) is 22.4. The van der Waals surface area contributed by atoms with Gasteiger partial charge in [0, 0.05) is 32.0 Å². The molecule has 22 heavy (non-hydrogen) atoms. The quantitative estimate of drug-likeness (QED) is 0.874. The van der Waals surface area contributed by atoms with Crippen molar-refractivity contribution >= 4 is 11.9 Å². The summed E-state index contributed by atoms with van der Waals surface area (Å²) in [4.78, 5) is 25.3. The Bertz CT molecular complexity index is 503. The van der Waals surface area contributed by atoms with Crippen LogP contribution in [-0.2, 0) is 14.3 Å². The zero-order valence-electron chi connectivity index (χ0n) is 12.9. The number of carbonyl (C=O) groups is 2. The van der Waals surface area contributed by atoms with Gasteiger partial charge >= 0.3 is 5.97 Å². The molecule has 1 amide bonds. The van der Waals surface area contributed by atoms with Gasteiger partial charge in [-0.1, -0.05) is 30.3 Å². The minimum Gasteiger partial charge on any atom is -0.481 e. The number of ether oxygens (including phenoxy) is 1. The molecule has 2 rings (SSSR count). The largest absolute Gasteiger partial charge is 0.481 e. The summed E-state index contributed by atoms with van der Waals surface area (Å²) in [6.45, 7) is 1.60. The maximum atomic E-state index is 12.6. The van der Waals surface area contributed by atoms with Crippen molar-refractivity contribution in [3.63, 3.8) is 0 Å². The molecule has 0 radical (unpaired) electrons. The molecule has 0 aromatic heterocycles. The Hall–Kier alpha value is -1.88. The molecule has 1 N–H and O–H groups in total. The molecule has 120 valence electrons. The lowest BCUT2D eigenvalue weighted by Gasteiger charge is -2.26. The fraction of sp³-hybridized carbons (Fsp3) is 0.529. The van der Waals surface area contributed by atoms with Gasteiger partial charge < -0.3 is 14.7 Å². The minimum atomic E-state index is -0.914. The van der Waals surface area contributed by atoms with Gasteiger partial charge in [-0.15, -0.1) is 0 Å². The molecule has 5 nitrogen and oxygen atoms in total. The Balaban J connectivity index is 2.16. The number of amides is 1. The van der Waals surface area contributed by atoms with E-state index < -0.39 is 11.9 Å². The van der Waals surface area contributed by atoms with Crippen LogP contribution in [0.1, 0.15) is 30.7 Å². The van der Waals surface area contributed by atoms with E-state index in [-0.39, 0.29) is 18.2 Å². The van der Waals surface area contributed by atoms with Crippen LogP contribution in [0.15, 0.2) is 30.3 Å². The van der Waals surface area contributed by atoms with E-state index in [9.17, 15) is 9.59 Å². The smallest absolute Gasteiger partial charge is 0.304 e. The molecule has 1 aromatic carbocycles. The third kappa shape index (κ3) is 4.31. The fourth-order valence-electron chi connectivity index (χ4n) is 3.03. The molecule has 1 aromatic rings. The number of likely N-dealkylation sites (tertiary alicyclic amines) is 1. The Morgan fingerprint density at radius 2 is 2.05 bits per heavy atom. The Morgan fingerprint density at radius 1 is 1.32 bits per heavy atom. The number of nitrogens with zero attached hydrogens (tertiary/aromatic N) is 1. The van der Waals surface area contributed by atoms with E-state index >= 15 is 0 Å². The first-order valence-electron chi connectivity index (χ1n) is 7.66. The van der Waals surface area contributed by atoms with Crippen molar-refractivity contribution < 1.29 is 19.4 Å². The summed E-state index contributed by atoms with van der Waals surface area (Å²) >= 11 is 0. The van der Waals surface area contributed by atoms with Crippen molar-refractivity contribution in [3.8, 4) is 0 Å². The minimum absolute atomic E-state index is 0.0575. The molecule has 0 spiro atoms. The van der Waals surface area contributed by atoms with Gasteiger partial charge in [0.25, 0.3) is 0 Å². The lowest BCUT2D eigenvalue weighted by Crippen LogP contribution is -2.39. The molecule has 0 bridgehead atoms. The van der Waals surface area contributed by atoms with E-state index in [0.717, 1.165) is 6.42 Å². The number of hydrogen-bond acceptors (Lipinski definition) is 3. The van der Waals surface area contributed by atoms with Crippen LogP contribution in [-0.4, -0.2) is 48.7 Å². The third-order valence-electron chi connectivity index (χ3n) is 4.22. The van der Waals surface area contributed by atoms with Gasteiger partial charge in [-0.2, -0.15) is 0 Å². The monoisotopic (exact) mass is 305 g/mol. The summed E-state index contributed by atoms with van der Waals surface area (Å²) in [5, 5.41) is 9.03. The number of aliphatic carboxylic acids is 1. The second-order valence-electron chi connectivity index (χ2n) is 5.76. The van der Waals surface area contributed by atoms with Gasteiger partial charge in [-0.3, -0.25) is 9.59 Å². The first-order chi connectivity index (χ1) is 10.6. The van der Waals surface area contributed by atoms with E-state index in [1.165, 1.54) is 5.56 Å². The van der Waals surface area contributed by atoms with Crippen molar-refractivity contribution in [2.75, 3.05) is 26.8 Å². The van der Waals surface area contributed by atoms with Gasteiger partial charge in [0.1, 0.15) is 0 Å². The van der Waals surface area contributed by atoms with Crippen LogP contribution in [0.2, 0.25) is 0 Å². The fourth-order valence-corrected chi connectivity index (χ4v) is 3.03. The number of methoxy groups -OCH3 is 1. The maximum Gasteiger partial charge on any atom is 0.304 e. The SMILES string of the molecule is COCCN1C[C@@H](c2ccccc2)CC[C@H](CC(=O)O)C1=O. The molecule has 0 saturated carbocycles. The number of carboxylic acids is 1. The molecule has 5 heteroatoms. The van der Waals surface area contributed by atoms with Crippen molar-refractivity contribution in [3.05, 3.63) is 35.9 Å². The summed E-state index contributed by atoms with van der Waals surface area (Å²) in [5.41, 5.74) is 1.20. The van der Waals surface area contributed by atoms with E-state index in [2.05, 4.69) is 12.1 Å². The summed E-state index contributed by atoms with van der Waals surface area (Å²) in [6, 6.07) is 10.1. The molecule has 1 saturated heterocycles. The van der Waals surface area contributed by atoms with Crippen molar-refractivity contribution in [2.45, 2.75) is 25.2 Å². The highest BCUT2D eigenvalue weighted by molar-refractivity contribution is 5.83. The average Bonchev–Trinajstić information content (AvgIpc) is 2.66. The molecule has 1 aliphatic rings. The van der Waals surface area contributed by atoms with Gasteiger partial charge in [0.15, 0.2) is 0 Å². The van der Waals surface area contributed by atoms with Crippen LogP contribution in [0.5, 0.6) is 0 Å². The summed E-state index contributed by atoms with van der Waals surface area (Å²) < 4.78 is 5.08. The molecule has 2 atom stereocenters. The van der Waals surface area contributed by atoms with E-state index in [4.69, 9.17) is 9.84 Å². The van der Waals surface area contributed by atoms with Crippen LogP contribution in [0.4, 0.5) is 0 Å². The predicted octanol–water partition coefficient (Wildman–Crippen LogP) is 2.13. The van der Waals surface area contributed by atoms with Gasteiger partial charge in [0.2, 0.25) is 5.91 Å². The number of rotatable bonds is 6. The van der Waals surface area contributed by atoms with E-state index in [1.807, 2.05) is 18.2 Å². The van der Waals surface area contributed by atoms with Crippen LogP contribution >= 0.6 is 0 Å². The van der Waals surface area contributed by atoms with Gasteiger partial charge in [0.05, 0.1) is 13.0 Å². The van der Waals surface area contributed by atoms with Gasteiger partial charge in [-0.05, 0) is 18.4 Å². The Kier molecular flexibility index (Phi) is 5.95. The lowest BCUT2D eigenvalue weighted by atomic mass is 9.91. The zero-order chi connectivity index (χ0) is 15.9. The Morgan fingerprint density at radius 3 is 2.68 bits per heavy atom. The summed E-state index contributed by atoms with van der Waals surface area (Å²) in [7, 11) is 1.60. The van der Waals surface area contributed by atoms with Gasteiger partial charge in [-0.25, -0.2) is 0 Å². The molecular formula is C17H23NO4. The standard InChI is InChI=1S/C17H23NO4/c1-22-10-9-18-12-15(13-5-3-2-4-6-13)8-7-14(17(18)21)11-16(19)20/h2-6,14-15H,7-12H2,1H3,(H,19,20)/t14-,15+/m1/s1. The summed E-state index contributed by atoms with van der Waals surface area (Å²) in [5.74, 6) is -1.15. The number of hydrogen-bond donors (Lipinski definition) is 1. The lowest BCUT2D eigenvalue weighted by molar-refractivity contribution is -0.144. The van der Waals surface area contributed by atoms with Crippen LogP contribution in [0.25, 0.3) is 0 Å². The number of carboxylic acid groups (broad SMARTS) is 1. The average molecular weight is 305 g/mol. The molecular weight excluding hydrogens is 282 g/mol. The highest BCUT2D eigenvalue weighted by atomic mass is 16.5. The first kappa shape index (κ1) is 16.5. The molecule has 0 unspecified atom stereocenters. The van der Waals surface area contributed by atoms with Crippen LogP contribution in [0, 0.1) is 5.92 Å². The van der Waals surface area contributed by atoms with Crippen molar-refractivity contribution in [1.82, 2.24) is 4.90 Å². The van der Waals surface area contributed by atoms with E-state index in [0.29, 0.717) is 26.1 Å².